The molecule has 0 saturated carbocycles. The fraction of sp³-hybridized carbons (Fsp3) is 0.389. The quantitative estimate of drug-likeness (QED) is 0.746. The molecule has 1 fully saturated rings. The molecule has 0 bridgehead atoms. The summed E-state index contributed by atoms with van der Waals surface area (Å²) >= 11 is 0. The van der Waals surface area contributed by atoms with Crippen LogP contribution >= 0.6 is 0 Å². The van der Waals surface area contributed by atoms with Crippen LogP contribution in [0.15, 0.2) is 42.9 Å². The molecule has 23 heavy (non-hydrogen) atoms. The van der Waals surface area contributed by atoms with Gasteiger partial charge in [-0.1, -0.05) is 6.92 Å². The van der Waals surface area contributed by atoms with Gasteiger partial charge in [0.25, 0.3) is 0 Å². The van der Waals surface area contributed by atoms with Crippen LogP contribution in [0.3, 0.4) is 0 Å². The number of pyridine rings is 2. The Balaban J connectivity index is 1.86. The van der Waals surface area contributed by atoms with Gasteiger partial charge in [-0.3, -0.25) is 4.98 Å². The third-order valence-electron chi connectivity index (χ3n) is 4.66. The number of rotatable bonds is 3. The number of likely N-dealkylation sites (tertiary alicyclic amines) is 1. The average Bonchev–Trinajstić information content (AvgIpc) is 3.02. The molecular formula is C18H21N5. The summed E-state index contributed by atoms with van der Waals surface area (Å²) in [5.74, 6) is 0.981. The molecule has 1 unspecified atom stereocenters. The predicted octanol–water partition coefficient (Wildman–Crippen LogP) is 3.15. The number of piperidine rings is 1. The number of nitrogens with zero attached hydrogens (tertiary/aromatic N) is 5. The van der Waals surface area contributed by atoms with E-state index in [-0.39, 0.29) is 0 Å². The Morgan fingerprint density at radius 1 is 1.22 bits per heavy atom. The summed E-state index contributed by atoms with van der Waals surface area (Å²) in [5, 5.41) is 0. The van der Waals surface area contributed by atoms with E-state index in [2.05, 4.69) is 32.4 Å². The second kappa shape index (κ2) is 6.08. The van der Waals surface area contributed by atoms with Crippen LogP contribution in [0.5, 0.6) is 0 Å². The van der Waals surface area contributed by atoms with Gasteiger partial charge >= 0.3 is 0 Å². The van der Waals surface area contributed by atoms with Gasteiger partial charge in [-0.25, -0.2) is 9.97 Å². The maximum Gasteiger partial charge on any atom is 0.160 e. The Kier molecular flexibility index (Phi) is 3.79. The molecule has 4 rings (SSSR count). The minimum Gasteiger partial charge on any atom is -0.304 e. The Morgan fingerprint density at radius 3 is 2.96 bits per heavy atom. The van der Waals surface area contributed by atoms with E-state index in [0.717, 1.165) is 35.6 Å². The fourth-order valence-electron chi connectivity index (χ4n) is 3.50. The van der Waals surface area contributed by atoms with E-state index in [4.69, 9.17) is 4.98 Å². The van der Waals surface area contributed by atoms with Crippen molar-refractivity contribution < 1.29 is 0 Å². The first-order chi connectivity index (χ1) is 11.4. The smallest absolute Gasteiger partial charge is 0.160 e. The van der Waals surface area contributed by atoms with Crippen molar-refractivity contribution in [2.45, 2.75) is 25.8 Å². The van der Waals surface area contributed by atoms with Crippen LogP contribution in [-0.2, 0) is 0 Å². The largest absolute Gasteiger partial charge is 0.304 e. The van der Waals surface area contributed by atoms with Crippen LogP contribution < -0.4 is 0 Å². The molecule has 0 aliphatic carbocycles. The molecular weight excluding hydrogens is 286 g/mol. The number of hydrogen-bond acceptors (Lipinski definition) is 4. The van der Waals surface area contributed by atoms with Crippen LogP contribution in [0.1, 0.15) is 25.8 Å². The van der Waals surface area contributed by atoms with Crippen molar-refractivity contribution in [3.05, 3.63) is 42.9 Å². The van der Waals surface area contributed by atoms with E-state index in [1.807, 2.05) is 30.6 Å². The molecule has 1 aliphatic heterocycles. The van der Waals surface area contributed by atoms with Crippen molar-refractivity contribution >= 4 is 11.2 Å². The molecule has 3 aromatic rings. The summed E-state index contributed by atoms with van der Waals surface area (Å²) in [7, 11) is 0. The lowest BCUT2D eigenvalue weighted by Gasteiger charge is -2.33. The lowest BCUT2D eigenvalue weighted by Crippen LogP contribution is -2.36. The minimum absolute atomic E-state index is 0.416. The number of fused-ring (bicyclic) bond motifs is 1. The van der Waals surface area contributed by atoms with Crippen LogP contribution in [0.4, 0.5) is 0 Å². The summed E-state index contributed by atoms with van der Waals surface area (Å²) in [6.07, 6.45) is 7.93. The number of likely N-dealkylation sites (N-methyl/N-ethyl adjacent to an activating group) is 1. The molecule has 3 aromatic heterocycles. The molecule has 0 N–H and O–H groups in total. The zero-order chi connectivity index (χ0) is 15.6. The third-order valence-corrected chi connectivity index (χ3v) is 4.66. The third kappa shape index (κ3) is 2.61. The Hall–Kier alpha value is -2.27. The summed E-state index contributed by atoms with van der Waals surface area (Å²) < 4.78 is 2.33. The molecule has 1 aliphatic rings. The summed E-state index contributed by atoms with van der Waals surface area (Å²) in [6, 6.07) is 8.45. The second-order valence-corrected chi connectivity index (χ2v) is 6.08. The lowest BCUT2D eigenvalue weighted by molar-refractivity contribution is 0.188. The van der Waals surface area contributed by atoms with Crippen molar-refractivity contribution in [1.29, 1.82) is 0 Å². The maximum absolute atomic E-state index is 4.85. The zero-order valence-corrected chi connectivity index (χ0v) is 13.4. The Bertz CT molecular complexity index is 796. The van der Waals surface area contributed by atoms with Gasteiger partial charge in [0, 0.05) is 36.7 Å². The normalized spacial score (nSPS) is 19.3. The first-order valence-electron chi connectivity index (χ1n) is 8.32. The van der Waals surface area contributed by atoms with Crippen LogP contribution in [0, 0.1) is 0 Å². The van der Waals surface area contributed by atoms with E-state index in [1.54, 1.807) is 6.20 Å². The molecule has 4 heterocycles. The van der Waals surface area contributed by atoms with E-state index < -0.39 is 0 Å². The van der Waals surface area contributed by atoms with Gasteiger partial charge in [0.15, 0.2) is 5.65 Å². The monoisotopic (exact) mass is 307 g/mol. The highest BCUT2D eigenvalue weighted by Crippen LogP contribution is 2.31. The van der Waals surface area contributed by atoms with Crippen LogP contribution in [-0.4, -0.2) is 44.1 Å². The van der Waals surface area contributed by atoms with Crippen molar-refractivity contribution in [3.8, 4) is 11.4 Å². The first kappa shape index (κ1) is 14.3. The number of hydrogen-bond donors (Lipinski definition) is 0. The number of imidazole rings is 1. The van der Waals surface area contributed by atoms with E-state index in [0.29, 0.717) is 6.04 Å². The molecule has 0 spiro atoms. The fourth-order valence-corrected chi connectivity index (χ4v) is 3.50. The SMILES string of the molecule is CCN1CCCC(n2c(-c3cccnc3)nc3cccnc32)C1. The summed E-state index contributed by atoms with van der Waals surface area (Å²) in [5.41, 5.74) is 2.99. The van der Waals surface area contributed by atoms with Crippen molar-refractivity contribution in [1.82, 2.24) is 24.4 Å². The standard InChI is InChI=1S/C18H21N5/c1-2-22-11-5-7-15(13-22)23-17(14-6-3-9-19-12-14)21-16-8-4-10-20-18(16)23/h3-4,6,8-10,12,15H,2,5,7,11,13H2,1H3. The van der Waals surface area contributed by atoms with Crippen molar-refractivity contribution in [2.24, 2.45) is 0 Å². The molecule has 118 valence electrons. The summed E-state index contributed by atoms with van der Waals surface area (Å²) in [4.78, 5) is 16.2. The van der Waals surface area contributed by atoms with Crippen LogP contribution in [0.2, 0.25) is 0 Å². The van der Waals surface area contributed by atoms with Gasteiger partial charge in [-0.05, 0) is 50.2 Å². The van der Waals surface area contributed by atoms with Gasteiger partial charge in [0.2, 0.25) is 0 Å². The molecule has 0 amide bonds. The molecule has 5 heteroatoms. The van der Waals surface area contributed by atoms with Crippen molar-refractivity contribution in [2.75, 3.05) is 19.6 Å². The molecule has 1 atom stereocenters. The average molecular weight is 307 g/mol. The Labute approximate surface area is 136 Å². The van der Waals surface area contributed by atoms with E-state index in [9.17, 15) is 0 Å². The van der Waals surface area contributed by atoms with E-state index in [1.165, 1.54) is 19.4 Å². The van der Waals surface area contributed by atoms with Gasteiger partial charge < -0.3 is 9.47 Å². The zero-order valence-electron chi connectivity index (χ0n) is 13.4. The Morgan fingerprint density at radius 2 is 2.13 bits per heavy atom. The second-order valence-electron chi connectivity index (χ2n) is 6.08. The topological polar surface area (TPSA) is 46.8 Å². The summed E-state index contributed by atoms with van der Waals surface area (Å²) in [6.45, 7) is 5.58. The van der Waals surface area contributed by atoms with Gasteiger partial charge in [-0.2, -0.15) is 0 Å². The van der Waals surface area contributed by atoms with Crippen LogP contribution in [0.25, 0.3) is 22.6 Å². The molecule has 1 saturated heterocycles. The highest BCUT2D eigenvalue weighted by atomic mass is 15.2. The molecule has 0 aromatic carbocycles. The number of aromatic nitrogens is 4. The maximum atomic E-state index is 4.85. The van der Waals surface area contributed by atoms with E-state index >= 15 is 0 Å². The van der Waals surface area contributed by atoms with Crippen molar-refractivity contribution in [3.63, 3.8) is 0 Å². The predicted molar refractivity (Wildman–Crippen MR) is 91.1 cm³/mol. The van der Waals surface area contributed by atoms with Gasteiger partial charge in [-0.15, -0.1) is 0 Å². The molecule has 5 nitrogen and oxygen atoms in total. The van der Waals surface area contributed by atoms with Gasteiger partial charge in [0.1, 0.15) is 11.3 Å². The highest BCUT2D eigenvalue weighted by molar-refractivity contribution is 5.77. The first-order valence-corrected chi connectivity index (χ1v) is 8.32. The lowest BCUT2D eigenvalue weighted by atomic mass is 10.0. The van der Waals surface area contributed by atoms with Gasteiger partial charge in [0.05, 0.1) is 0 Å². The highest BCUT2D eigenvalue weighted by Gasteiger charge is 2.25. The minimum atomic E-state index is 0.416. The molecule has 0 radical (unpaired) electrons.